The number of imide groups is 2. The fourth-order valence-electron chi connectivity index (χ4n) is 6.07. The minimum absolute atomic E-state index is 0.0148. The summed E-state index contributed by atoms with van der Waals surface area (Å²) in [5.41, 5.74) is 0.417. The Hall–Kier alpha value is -3.46. The quantitative estimate of drug-likeness (QED) is 0.606. The molecule has 2 bridgehead atoms. The molecule has 9 nitrogen and oxygen atoms in total. The minimum atomic E-state index is -1.42. The van der Waals surface area contributed by atoms with Gasteiger partial charge in [0.1, 0.15) is 11.2 Å². The van der Waals surface area contributed by atoms with E-state index in [-0.39, 0.29) is 30.4 Å². The van der Waals surface area contributed by atoms with Crippen LogP contribution in [-0.2, 0) is 22.6 Å². The van der Waals surface area contributed by atoms with Gasteiger partial charge in [-0.15, -0.1) is 0 Å². The van der Waals surface area contributed by atoms with E-state index in [0.717, 1.165) is 27.5 Å². The summed E-state index contributed by atoms with van der Waals surface area (Å²) in [5, 5.41) is 0. The van der Waals surface area contributed by atoms with Crippen molar-refractivity contribution in [1.29, 1.82) is 0 Å². The zero-order valence-electron chi connectivity index (χ0n) is 20.3. The lowest BCUT2D eigenvalue weighted by atomic mass is 9.75. The molecule has 35 heavy (non-hydrogen) atoms. The lowest BCUT2D eigenvalue weighted by Crippen LogP contribution is -2.67. The number of pyridine rings is 1. The van der Waals surface area contributed by atoms with Gasteiger partial charge in [0.15, 0.2) is 0 Å². The molecule has 1 aromatic heterocycles. The van der Waals surface area contributed by atoms with E-state index in [1.807, 2.05) is 22.8 Å². The molecule has 0 radical (unpaired) electrons. The SMILES string of the molecule is COc1ccc(CC2(CN3C[C@H]4C[C@@H](C3)c3cccc(=O)n3C4)C(=O)N(C)C(=O)N(C)C2=O)cc1. The lowest BCUT2D eigenvalue weighted by molar-refractivity contribution is -0.159. The molecular weight excluding hydrogens is 448 g/mol. The number of piperidine rings is 1. The van der Waals surface area contributed by atoms with Crippen molar-refractivity contribution in [1.82, 2.24) is 19.3 Å². The first-order valence-corrected chi connectivity index (χ1v) is 11.9. The molecule has 4 heterocycles. The average Bonchev–Trinajstić information content (AvgIpc) is 2.86. The molecule has 2 aromatic rings. The van der Waals surface area contributed by atoms with Gasteiger partial charge in [0.25, 0.3) is 5.56 Å². The Labute approximate surface area is 203 Å². The van der Waals surface area contributed by atoms with Crippen molar-refractivity contribution in [2.45, 2.75) is 25.3 Å². The first-order valence-electron chi connectivity index (χ1n) is 11.9. The van der Waals surface area contributed by atoms with Crippen LogP contribution < -0.4 is 10.3 Å². The number of barbiturate groups is 1. The number of amides is 4. The van der Waals surface area contributed by atoms with Gasteiger partial charge < -0.3 is 14.2 Å². The molecular formula is C26H30N4O5. The summed E-state index contributed by atoms with van der Waals surface area (Å²) in [5.74, 6) is 0.138. The predicted octanol–water partition coefficient (Wildman–Crippen LogP) is 1.56. The normalized spacial score (nSPS) is 23.9. The molecule has 3 aliphatic rings. The Morgan fingerprint density at radius 1 is 0.914 bits per heavy atom. The third-order valence-electron chi connectivity index (χ3n) is 7.72. The molecule has 1 aromatic carbocycles. The number of hydrogen-bond acceptors (Lipinski definition) is 6. The fourth-order valence-corrected chi connectivity index (χ4v) is 6.07. The van der Waals surface area contributed by atoms with E-state index in [1.54, 1.807) is 31.4 Å². The second kappa shape index (κ2) is 8.64. The third kappa shape index (κ3) is 3.83. The molecule has 9 heteroatoms. The maximum absolute atomic E-state index is 13.7. The number of carbonyl (C=O) groups is 3. The minimum Gasteiger partial charge on any atom is -0.497 e. The highest BCUT2D eigenvalue weighted by Crippen LogP contribution is 2.39. The van der Waals surface area contributed by atoms with Crippen molar-refractivity contribution >= 4 is 17.8 Å². The van der Waals surface area contributed by atoms with E-state index in [0.29, 0.717) is 25.4 Å². The molecule has 2 fully saturated rings. The van der Waals surface area contributed by atoms with Gasteiger partial charge in [-0.05, 0) is 42.5 Å². The molecule has 0 aliphatic carbocycles. The fraction of sp³-hybridized carbons (Fsp3) is 0.462. The summed E-state index contributed by atoms with van der Waals surface area (Å²) in [6.07, 6.45) is 1.16. The van der Waals surface area contributed by atoms with Gasteiger partial charge in [-0.3, -0.25) is 24.2 Å². The standard InChI is InChI=1S/C26H30N4O5/c1-27-23(32)26(24(33)28(2)25(27)34,12-17-7-9-20(35-3)10-8-17)16-29-13-18-11-19(15-29)21-5-4-6-22(31)30(21)14-18/h4-10,18-19H,11-16H2,1-3H3/t18-,19+/m1/s1. The number of nitrogens with zero attached hydrogens (tertiary/aromatic N) is 4. The highest BCUT2D eigenvalue weighted by Gasteiger charge is 2.56. The Balaban J connectivity index is 1.49. The number of ether oxygens (including phenoxy) is 1. The van der Waals surface area contributed by atoms with Crippen molar-refractivity contribution in [3.63, 3.8) is 0 Å². The van der Waals surface area contributed by atoms with E-state index in [4.69, 9.17) is 4.74 Å². The Kier molecular flexibility index (Phi) is 5.75. The number of methoxy groups -OCH3 is 1. The molecule has 3 aliphatic heterocycles. The maximum Gasteiger partial charge on any atom is 0.332 e. The number of likely N-dealkylation sites (tertiary alicyclic amines) is 1. The topological polar surface area (TPSA) is 92.2 Å². The van der Waals surface area contributed by atoms with Gasteiger partial charge in [-0.1, -0.05) is 18.2 Å². The number of fused-ring (bicyclic) bond motifs is 4. The van der Waals surface area contributed by atoms with Crippen LogP contribution in [-0.4, -0.2) is 78.0 Å². The van der Waals surface area contributed by atoms with Crippen LogP contribution in [0.1, 0.15) is 23.6 Å². The number of carbonyl (C=O) groups excluding carboxylic acids is 3. The highest BCUT2D eigenvalue weighted by molar-refractivity contribution is 6.19. The predicted molar refractivity (Wildman–Crippen MR) is 128 cm³/mol. The second-order valence-electron chi connectivity index (χ2n) is 10.0. The molecule has 4 amide bonds. The summed E-state index contributed by atoms with van der Waals surface area (Å²) < 4.78 is 7.11. The van der Waals surface area contributed by atoms with Crippen LogP contribution in [0.2, 0.25) is 0 Å². The highest BCUT2D eigenvalue weighted by atomic mass is 16.5. The van der Waals surface area contributed by atoms with Crippen LogP contribution in [0.5, 0.6) is 5.75 Å². The summed E-state index contributed by atoms with van der Waals surface area (Å²) in [4.78, 5) is 56.6. The Bertz CT molecular complexity index is 1210. The van der Waals surface area contributed by atoms with Crippen LogP contribution in [0.25, 0.3) is 0 Å². The van der Waals surface area contributed by atoms with Crippen molar-refractivity contribution < 1.29 is 19.1 Å². The number of rotatable bonds is 5. The first kappa shape index (κ1) is 23.3. The summed E-state index contributed by atoms with van der Waals surface area (Å²) in [7, 11) is 4.45. The number of hydrogen-bond donors (Lipinski definition) is 0. The molecule has 2 saturated heterocycles. The summed E-state index contributed by atoms with van der Waals surface area (Å²) >= 11 is 0. The van der Waals surface area contributed by atoms with Crippen LogP contribution >= 0.6 is 0 Å². The van der Waals surface area contributed by atoms with E-state index in [9.17, 15) is 19.2 Å². The van der Waals surface area contributed by atoms with E-state index in [1.165, 1.54) is 14.1 Å². The van der Waals surface area contributed by atoms with Gasteiger partial charge in [0.05, 0.1) is 7.11 Å². The van der Waals surface area contributed by atoms with Gasteiger partial charge >= 0.3 is 6.03 Å². The van der Waals surface area contributed by atoms with Crippen LogP contribution in [0.15, 0.2) is 47.3 Å². The monoisotopic (exact) mass is 478 g/mol. The van der Waals surface area contributed by atoms with E-state index < -0.39 is 23.3 Å². The summed E-state index contributed by atoms with van der Waals surface area (Å²) in [6.45, 7) is 2.17. The van der Waals surface area contributed by atoms with Crippen molar-refractivity contribution in [2.24, 2.45) is 11.3 Å². The van der Waals surface area contributed by atoms with Crippen LogP contribution in [0, 0.1) is 11.3 Å². The average molecular weight is 479 g/mol. The molecule has 0 N–H and O–H groups in total. The molecule has 0 unspecified atom stereocenters. The number of benzene rings is 1. The summed E-state index contributed by atoms with van der Waals surface area (Å²) in [6, 6.07) is 12.1. The van der Waals surface area contributed by atoms with Gasteiger partial charge in [-0.25, -0.2) is 4.79 Å². The molecule has 0 spiro atoms. The number of urea groups is 1. The Morgan fingerprint density at radius 3 is 2.26 bits per heavy atom. The molecule has 2 atom stereocenters. The smallest absolute Gasteiger partial charge is 0.332 e. The second-order valence-corrected chi connectivity index (χ2v) is 10.0. The van der Waals surface area contributed by atoms with Crippen LogP contribution in [0.4, 0.5) is 4.79 Å². The zero-order chi connectivity index (χ0) is 24.9. The van der Waals surface area contributed by atoms with Crippen molar-refractivity contribution in [3.8, 4) is 5.75 Å². The maximum atomic E-state index is 13.7. The van der Waals surface area contributed by atoms with Crippen molar-refractivity contribution in [3.05, 3.63) is 64.1 Å². The number of aromatic nitrogens is 1. The Morgan fingerprint density at radius 2 is 1.60 bits per heavy atom. The molecule has 184 valence electrons. The zero-order valence-corrected chi connectivity index (χ0v) is 20.3. The first-order chi connectivity index (χ1) is 16.7. The molecule has 0 saturated carbocycles. The lowest BCUT2D eigenvalue weighted by Gasteiger charge is -2.48. The molecule has 5 rings (SSSR count). The van der Waals surface area contributed by atoms with Crippen molar-refractivity contribution in [2.75, 3.05) is 40.8 Å². The van der Waals surface area contributed by atoms with Crippen LogP contribution in [0.3, 0.4) is 0 Å². The van der Waals surface area contributed by atoms with E-state index in [2.05, 4.69) is 4.90 Å². The third-order valence-corrected chi connectivity index (χ3v) is 7.72. The van der Waals surface area contributed by atoms with Gasteiger partial charge in [0, 0.05) is 58.0 Å². The van der Waals surface area contributed by atoms with Gasteiger partial charge in [-0.2, -0.15) is 0 Å². The van der Waals surface area contributed by atoms with Gasteiger partial charge in [0.2, 0.25) is 11.8 Å². The largest absolute Gasteiger partial charge is 0.497 e. The van der Waals surface area contributed by atoms with E-state index >= 15 is 0 Å².